The zero-order valence-corrected chi connectivity index (χ0v) is 14.9. The summed E-state index contributed by atoms with van der Waals surface area (Å²) in [5.41, 5.74) is 3.69. The largest absolute Gasteiger partial charge is 0.459 e. The molecule has 0 bridgehead atoms. The lowest BCUT2D eigenvalue weighted by molar-refractivity contribution is -0.147. The van der Waals surface area contributed by atoms with Crippen LogP contribution in [0.15, 0.2) is 52.9 Å². The van der Waals surface area contributed by atoms with E-state index < -0.39 is 0 Å². The number of aryl methyl sites for hydroxylation is 1. The van der Waals surface area contributed by atoms with Gasteiger partial charge in [-0.25, -0.2) is 4.79 Å². The second kappa shape index (κ2) is 7.20. The van der Waals surface area contributed by atoms with Crippen LogP contribution in [-0.2, 0) is 16.1 Å². The third-order valence-electron chi connectivity index (χ3n) is 4.78. The zero-order chi connectivity index (χ0) is 17.9. The number of aromatic nitrogens is 1. The summed E-state index contributed by atoms with van der Waals surface area (Å²) in [6.07, 6.45) is 2.77. The Morgan fingerprint density at radius 1 is 1.23 bits per heavy atom. The third-order valence-corrected chi connectivity index (χ3v) is 4.78. The Bertz CT molecular complexity index is 904. The van der Waals surface area contributed by atoms with Crippen LogP contribution in [0.2, 0.25) is 0 Å². The standard InChI is InChI=1S/C21H22N2O3/c1-15-10-11-19-17(13-15)22-21(26-19)23-12-6-5-9-18(23)20(24)25-14-16-7-3-2-4-8-16/h2-4,7-8,10-11,13,18H,5-6,9,12,14H2,1H3. The van der Waals surface area contributed by atoms with Gasteiger partial charge in [-0.3, -0.25) is 0 Å². The van der Waals surface area contributed by atoms with Gasteiger partial charge in [0.25, 0.3) is 6.01 Å². The molecule has 134 valence electrons. The summed E-state index contributed by atoms with van der Waals surface area (Å²) in [6.45, 7) is 3.06. The maximum Gasteiger partial charge on any atom is 0.329 e. The maximum absolute atomic E-state index is 12.7. The average Bonchev–Trinajstić information content (AvgIpc) is 3.10. The molecule has 0 saturated carbocycles. The highest BCUT2D eigenvalue weighted by atomic mass is 16.5. The van der Waals surface area contributed by atoms with Crippen molar-refractivity contribution in [3.05, 3.63) is 59.7 Å². The minimum Gasteiger partial charge on any atom is -0.459 e. The van der Waals surface area contributed by atoms with Gasteiger partial charge in [0, 0.05) is 6.54 Å². The number of fused-ring (bicyclic) bond motifs is 1. The van der Waals surface area contributed by atoms with Crippen LogP contribution in [0.3, 0.4) is 0 Å². The molecule has 0 N–H and O–H groups in total. The number of nitrogens with zero attached hydrogens (tertiary/aromatic N) is 2. The molecule has 1 aromatic heterocycles. The van der Waals surface area contributed by atoms with Gasteiger partial charge >= 0.3 is 5.97 Å². The van der Waals surface area contributed by atoms with Crippen LogP contribution in [-0.4, -0.2) is 23.5 Å². The Kier molecular flexibility index (Phi) is 4.61. The second-order valence-corrected chi connectivity index (χ2v) is 6.77. The van der Waals surface area contributed by atoms with Gasteiger partial charge in [-0.15, -0.1) is 0 Å². The van der Waals surface area contributed by atoms with E-state index in [-0.39, 0.29) is 18.6 Å². The van der Waals surface area contributed by atoms with Crippen molar-refractivity contribution in [3.63, 3.8) is 0 Å². The van der Waals surface area contributed by atoms with Gasteiger partial charge in [-0.1, -0.05) is 36.4 Å². The van der Waals surface area contributed by atoms with Crippen molar-refractivity contribution in [2.45, 2.75) is 38.8 Å². The van der Waals surface area contributed by atoms with Gasteiger partial charge in [-0.05, 0) is 49.4 Å². The van der Waals surface area contributed by atoms with E-state index in [4.69, 9.17) is 9.15 Å². The number of carbonyl (C=O) groups is 1. The van der Waals surface area contributed by atoms with Crippen LogP contribution < -0.4 is 4.90 Å². The van der Waals surface area contributed by atoms with E-state index in [1.165, 1.54) is 0 Å². The van der Waals surface area contributed by atoms with Gasteiger partial charge in [0.2, 0.25) is 0 Å². The quantitative estimate of drug-likeness (QED) is 0.659. The molecule has 2 aromatic carbocycles. The molecule has 2 heterocycles. The van der Waals surface area contributed by atoms with E-state index in [0.717, 1.165) is 48.0 Å². The first-order chi connectivity index (χ1) is 12.7. The molecule has 5 nitrogen and oxygen atoms in total. The molecule has 1 aliphatic heterocycles. The molecule has 1 fully saturated rings. The molecule has 0 amide bonds. The summed E-state index contributed by atoms with van der Waals surface area (Å²) in [6, 6.07) is 15.8. The number of carbonyl (C=O) groups excluding carboxylic acids is 1. The number of piperidine rings is 1. The molecule has 1 unspecified atom stereocenters. The minimum absolute atomic E-state index is 0.216. The number of benzene rings is 2. The molecule has 1 saturated heterocycles. The first-order valence-corrected chi connectivity index (χ1v) is 9.05. The van der Waals surface area contributed by atoms with Crippen molar-refractivity contribution in [2.24, 2.45) is 0 Å². The monoisotopic (exact) mass is 350 g/mol. The number of anilines is 1. The highest BCUT2D eigenvalue weighted by molar-refractivity contribution is 5.81. The maximum atomic E-state index is 12.7. The number of hydrogen-bond donors (Lipinski definition) is 0. The topological polar surface area (TPSA) is 55.6 Å². The molecule has 4 rings (SSSR count). The molecule has 3 aromatic rings. The third kappa shape index (κ3) is 3.43. The molecule has 0 spiro atoms. The van der Waals surface area contributed by atoms with E-state index in [1.807, 2.05) is 60.4 Å². The average molecular weight is 350 g/mol. The highest BCUT2D eigenvalue weighted by Crippen LogP contribution is 2.28. The first-order valence-electron chi connectivity index (χ1n) is 9.05. The fourth-order valence-electron chi connectivity index (χ4n) is 3.38. The lowest BCUT2D eigenvalue weighted by Gasteiger charge is -2.32. The molecule has 26 heavy (non-hydrogen) atoms. The summed E-state index contributed by atoms with van der Waals surface area (Å²) >= 11 is 0. The van der Waals surface area contributed by atoms with Gasteiger partial charge in [0.1, 0.15) is 18.2 Å². The number of esters is 1. The van der Waals surface area contributed by atoms with E-state index >= 15 is 0 Å². The Morgan fingerprint density at radius 3 is 2.92 bits per heavy atom. The van der Waals surface area contributed by atoms with Crippen LogP contribution >= 0.6 is 0 Å². The Hall–Kier alpha value is -2.82. The normalized spacial score (nSPS) is 17.4. The van der Waals surface area contributed by atoms with Crippen LogP contribution in [0, 0.1) is 6.92 Å². The Labute approximate surface area is 152 Å². The van der Waals surface area contributed by atoms with Crippen molar-refractivity contribution in [1.82, 2.24) is 4.98 Å². The molecule has 0 aliphatic carbocycles. The summed E-state index contributed by atoms with van der Waals surface area (Å²) in [4.78, 5) is 19.2. The predicted molar refractivity (Wildman–Crippen MR) is 100.0 cm³/mol. The lowest BCUT2D eigenvalue weighted by atomic mass is 10.0. The van der Waals surface area contributed by atoms with E-state index in [9.17, 15) is 4.79 Å². The van der Waals surface area contributed by atoms with Crippen molar-refractivity contribution >= 4 is 23.1 Å². The highest BCUT2D eigenvalue weighted by Gasteiger charge is 2.33. The second-order valence-electron chi connectivity index (χ2n) is 6.77. The number of oxazole rings is 1. The first kappa shape index (κ1) is 16.6. The van der Waals surface area contributed by atoms with Crippen molar-refractivity contribution in [3.8, 4) is 0 Å². The molecule has 1 aliphatic rings. The fourth-order valence-corrected chi connectivity index (χ4v) is 3.38. The van der Waals surface area contributed by atoms with Crippen molar-refractivity contribution in [1.29, 1.82) is 0 Å². The van der Waals surface area contributed by atoms with Crippen LogP contribution in [0.5, 0.6) is 0 Å². The fraction of sp³-hybridized carbons (Fsp3) is 0.333. The van der Waals surface area contributed by atoms with Gasteiger partial charge in [0.15, 0.2) is 5.58 Å². The van der Waals surface area contributed by atoms with E-state index in [2.05, 4.69) is 4.98 Å². The predicted octanol–water partition coefficient (Wildman–Crippen LogP) is 4.24. The van der Waals surface area contributed by atoms with Crippen LogP contribution in [0.25, 0.3) is 11.1 Å². The molecule has 5 heteroatoms. The molecule has 0 radical (unpaired) electrons. The summed E-state index contributed by atoms with van der Waals surface area (Å²) in [5.74, 6) is -0.216. The smallest absolute Gasteiger partial charge is 0.329 e. The number of ether oxygens (including phenoxy) is 1. The molecular weight excluding hydrogens is 328 g/mol. The summed E-state index contributed by atoms with van der Waals surface area (Å²) in [7, 11) is 0. The number of rotatable bonds is 4. The molecular formula is C21H22N2O3. The molecule has 1 atom stereocenters. The van der Waals surface area contributed by atoms with E-state index in [1.54, 1.807) is 0 Å². The summed E-state index contributed by atoms with van der Waals surface area (Å²) < 4.78 is 11.5. The SMILES string of the molecule is Cc1ccc2oc(N3CCCCC3C(=O)OCc3ccccc3)nc2c1. The van der Waals surface area contributed by atoms with Crippen molar-refractivity contribution in [2.75, 3.05) is 11.4 Å². The van der Waals surface area contributed by atoms with Crippen LogP contribution in [0.4, 0.5) is 6.01 Å². The van der Waals surface area contributed by atoms with Gasteiger partial charge in [0.05, 0.1) is 0 Å². The Balaban J connectivity index is 1.52. The number of hydrogen-bond acceptors (Lipinski definition) is 5. The van der Waals surface area contributed by atoms with Gasteiger partial charge < -0.3 is 14.1 Å². The van der Waals surface area contributed by atoms with Gasteiger partial charge in [-0.2, -0.15) is 4.98 Å². The van der Waals surface area contributed by atoms with Crippen molar-refractivity contribution < 1.29 is 13.9 Å². The summed E-state index contributed by atoms with van der Waals surface area (Å²) in [5, 5.41) is 0. The van der Waals surface area contributed by atoms with E-state index in [0.29, 0.717) is 6.01 Å². The Morgan fingerprint density at radius 2 is 2.08 bits per heavy atom. The lowest BCUT2D eigenvalue weighted by Crippen LogP contribution is -2.45. The zero-order valence-electron chi connectivity index (χ0n) is 14.9. The minimum atomic E-state index is -0.346. The van der Waals surface area contributed by atoms with Crippen LogP contribution in [0.1, 0.15) is 30.4 Å².